The molecule has 12 unspecified atom stereocenters. The van der Waals surface area contributed by atoms with Gasteiger partial charge in [0.2, 0.25) is 0 Å². The zero-order valence-corrected chi connectivity index (χ0v) is 79.0. The lowest BCUT2D eigenvalue weighted by Gasteiger charge is -2.47. The number of hydrogen-bond donors (Lipinski definition) is 0. The second-order valence-electron chi connectivity index (χ2n) is 40.0. The summed E-state index contributed by atoms with van der Waals surface area (Å²) in [5.41, 5.74) is 31.7. The molecule has 674 valence electrons. The summed E-state index contributed by atoms with van der Waals surface area (Å²) in [4.78, 5) is 26.1. The maximum Gasteiger partial charge on any atom is 0.159 e. The summed E-state index contributed by atoms with van der Waals surface area (Å²) >= 11 is 0. The predicted octanol–water partition coefficient (Wildman–Crippen LogP) is 28.3. The summed E-state index contributed by atoms with van der Waals surface area (Å²) in [7, 11) is 4.55. The average Bonchev–Trinajstić information content (AvgIpc) is 1.57. The fraction of sp³-hybridized carbons (Fsp3) is 0.339. The highest BCUT2D eigenvalue weighted by Crippen LogP contribution is 2.56. The minimum Gasteiger partial charge on any atom is -0.454 e. The topological polar surface area (TPSA) is 98.1 Å². The lowest BCUT2D eigenvalue weighted by Crippen LogP contribution is -2.56. The number of benzene rings is 13. The van der Waals surface area contributed by atoms with Crippen molar-refractivity contribution in [2.45, 2.75) is 220 Å². The van der Waals surface area contributed by atoms with E-state index >= 15 is 0 Å². The molecular formula is C118H122N10O5. The van der Waals surface area contributed by atoms with Crippen LogP contribution in [0.1, 0.15) is 173 Å². The van der Waals surface area contributed by atoms with Gasteiger partial charge in [-0.15, -0.1) is 0 Å². The van der Waals surface area contributed by atoms with Gasteiger partial charge in [0.1, 0.15) is 27.9 Å². The molecule has 32 rings (SSSR count). The zero-order valence-electron chi connectivity index (χ0n) is 79.0. The first-order valence-electron chi connectivity index (χ1n) is 49.4. The van der Waals surface area contributed by atoms with Gasteiger partial charge in [0, 0.05) is 122 Å². The Kier molecular flexibility index (Phi) is 20.9. The summed E-state index contributed by atoms with van der Waals surface area (Å²) in [6.07, 6.45) is 15.4. The van der Waals surface area contributed by atoms with Gasteiger partial charge in [-0.05, 0) is 246 Å². The lowest BCUT2D eigenvalue weighted by molar-refractivity contribution is 0.131. The molecule has 15 nitrogen and oxygen atoms in total. The van der Waals surface area contributed by atoms with Crippen molar-refractivity contribution in [3.63, 3.8) is 0 Å². The van der Waals surface area contributed by atoms with Crippen molar-refractivity contribution in [1.29, 1.82) is 0 Å². The molecule has 0 amide bonds. The molecule has 0 N–H and O–H groups in total. The highest BCUT2D eigenvalue weighted by molar-refractivity contribution is 6.14. The van der Waals surface area contributed by atoms with E-state index in [2.05, 4.69) is 381 Å². The fourth-order valence-electron chi connectivity index (χ4n) is 26.1. The van der Waals surface area contributed by atoms with Crippen LogP contribution in [-0.2, 0) is 13.0 Å². The van der Waals surface area contributed by atoms with E-state index in [1.54, 1.807) is 0 Å². The maximum atomic E-state index is 6.44. The molecule has 12 aliphatic heterocycles. The molecule has 0 spiro atoms. The van der Waals surface area contributed by atoms with Gasteiger partial charge in [0.15, 0.2) is 27.9 Å². The standard InChI is InChI=1S/3C25H24N2O.C22H26N2O.C21H24N2O/c1-15-12-13-20-19-10-6-7-11-23(19)28-25(20)24(15)27-16(2)26(3)21-14-22(27)18-9-5-4-8-17(18)21;1-16-11-12-21-20-8-4-6-10-23(20)28-25(21)24(16)27-17(2)26-14-13-19(27)15-18-7-3-5-9-22(18)26;1-16-11-12-21-20-9-5-6-10-23(20)28-25(21)24(16)27-17(2)26-14-13-22(27)19-8-4-3-7-18(19)15-26;1-14-8-13-19-18-6-4-5-7-20(18)25-22(19)21(14)24-15(2)23(3)16-9-11-17(24)12-10-16;1-14-9-10-18-17-7-3-4-8-19(17)24-21(18)20(14)23-15(2)22-12-5-6-16(23)11-13-22/h4-13,16,21-22H,14H2,1-3H3;3-12,17,19H,13-15H2,1-2H3;3-12,17,22H,13-15H2,1-2H3;4-8,13,15-17H,9-12H2,1-3H3;3-4,7-10,15-16H,5-6,11-13H2,1-2H3. The summed E-state index contributed by atoms with van der Waals surface area (Å²) in [6, 6.07) is 95.0. The highest BCUT2D eigenvalue weighted by atomic mass is 16.3. The van der Waals surface area contributed by atoms with Gasteiger partial charge < -0.3 is 51.5 Å². The van der Waals surface area contributed by atoms with Crippen LogP contribution in [0.4, 0.5) is 34.1 Å². The third kappa shape index (κ3) is 13.7. The summed E-state index contributed by atoms with van der Waals surface area (Å²) in [6.45, 7) is 28.6. The first kappa shape index (κ1) is 83.6. The van der Waals surface area contributed by atoms with Crippen LogP contribution in [0, 0.1) is 34.6 Å². The Morgan fingerprint density at radius 2 is 0.609 bits per heavy atom. The van der Waals surface area contributed by atoms with Crippen LogP contribution in [0.15, 0.2) is 277 Å². The van der Waals surface area contributed by atoms with Crippen molar-refractivity contribution >= 4 is 144 Å². The fourth-order valence-corrected chi connectivity index (χ4v) is 26.1. The SMILES string of the molecule is Cc1ccc2c(oc3ccccc32)c1N1C2CC(c3ccccc32)N(C)C1C.Cc1ccc2c(oc3ccccc32)c1N1C2CCC(CC2)N(C)C1C.Cc1ccc2c(oc3ccccc32)c1N1C2CCCN(CC2)C1C.Cc1ccc2c(oc3ccccc32)c1N1C2CCN(Cc3ccccc32)C1C.Cc1ccc2c(oc3ccccc32)c1N1C2CCN(c3ccccc3C2)C1C. The van der Waals surface area contributed by atoms with E-state index < -0.39 is 0 Å². The first-order chi connectivity index (χ1) is 65.0. The van der Waals surface area contributed by atoms with Gasteiger partial charge in [-0.2, -0.15) is 0 Å². The molecule has 0 radical (unpaired) electrons. The molecule has 13 aromatic carbocycles. The number of fused-ring (bicyclic) bond motifs is 32. The van der Waals surface area contributed by atoms with E-state index in [0.29, 0.717) is 67.1 Å². The van der Waals surface area contributed by atoms with Crippen molar-refractivity contribution in [3.8, 4) is 0 Å². The number of anilines is 6. The molecule has 14 aliphatic rings. The van der Waals surface area contributed by atoms with E-state index in [1.807, 2.05) is 6.07 Å². The Bertz CT molecular complexity index is 7400. The van der Waals surface area contributed by atoms with Crippen LogP contribution in [0.2, 0.25) is 0 Å². The van der Waals surface area contributed by atoms with Gasteiger partial charge in [-0.25, -0.2) is 0 Å². The Hall–Kier alpha value is -12.5. The number of furan rings is 5. The second-order valence-corrected chi connectivity index (χ2v) is 40.0. The Morgan fingerprint density at radius 3 is 1.09 bits per heavy atom. The molecule has 133 heavy (non-hydrogen) atoms. The second kappa shape index (κ2) is 33.3. The van der Waals surface area contributed by atoms with Gasteiger partial charge in [-0.3, -0.25) is 19.6 Å². The van der Waals surface area contributed by atoms with Crippen molar-refractivity contribution in [2.75, 3.05) is 69.7 Å². The van der Waals surface area contributed by atoms with Gasteiger partial charge in [-0.1, -0.05) is 218 Å². The van der Waals surface area contributed by atoms with Gasteiger partial charge in [0.05, 0.1) is 71.3 Å². The normalized spacial score (nSPS) is 24.7. The number of aryl methyl sites for hydroxylation is 5. The minimum absolute atomic E-state index is 0.300. The Labute approximate surface area is 780 Å². The first-order valence-corrected chi connectivity index (χ1v) is 49.4. The van der Waals surface area contributed by atoms with Crippen molar-refractivity contribution < 1.29 is 22.1 Å². The van der Waals surface area contributed by atoms with Gasteiger partial charge >= 0.3 is 0 Å². The largest absolute Gasteiger partial charge is 0.454 e. The molecule has 5 aromatic heterocycles. The number of para-hydroxylation sites is 6. The minimum atomic E-state index is 0.300. The van der Waals surface area contributed by atoms with Crippen molar-refractivity contribution in [3.05, 3.63) is 310 Å². The number of nitrogens with zero attached hydrogens (tertiary/aromatic N) is 10. The van der Waals surface area contributed by atoms with E-state index in [4.69, 9.17) is 22.1 Å². The average molecular weight is 1760 g/mol. The summed E-state index contributed by atoms with van der Waals surface area (Å²) < 4.78 is 32.1. The van der Waals surface area contributed by atoms with Crippen LogP contribution < -0.4 is 29.4 Å². The monoisotopic (exact) mass is 1760 g/mol. The molecule has 18 aromatic rings. The van der Waals surface area contributed by atoms with Crippen LogP contribution >= 0.6 is 0 Å². The van der Waals surface area contributed by atoms with Crippen molar-refractivity contribution in [2.24, 2.45) is 0 Å². The van der Waals surface area contributed by atoms with Crippen LogP contribution in [0.5, 0.6) is 0 Å². The predicted molar refractivity (Wildman–Crippen MR) is 549 cm³/mol. The zero-order chi connectivity index (χ0) is 90.0. The number of hydrogen-bond acceptors (Lipinski definition) is 15. The molecular weight excluding hydrogens is 1640 g/mol. The molecule has 9 fully saturated rings. The molecule has 2 aliphatic carbocycles. The quantitative estimate of drug-likeness (QED) is 0.163. The third-order valence-corrected chi connectivity index (χ3v) is 33.0. The molecule has 12 atom stereocenters. The smallest absolute Gasteiger partial charge is 0.159 e. The van der Waals surface area contributed by atoms with Crippen LogP contribution in [0.25, 0.3) is 110 Å². The van der Waals surface area contributed by atoms with Crippen molar-refractivity contribution in [1.82, 2.24) is 19.6 Å². The summed E-state index contributed by atoms with van der Waals surface area (Å²) in [5, 5.41) is 12.2. The van der Waals surface area contributed by atoms with Gasteiger partial charge in [0.25, 0.3) is 0 Å². The molecule has 15 heteroatoms. The van der Waals surface area contributed by atoms with Crippen LogP contribution in [-0.4, -0.2) is 115 Å². The number of rotatable bonds is 5. The molecule has 10 bridgehead atoms. The molecule has 17 heterocycles. The van der Waals surface area contributed by atoms with E-state index in [9.17, 15) is 0 Å². The highest BCUT2D eigenvalue weighted by Gasteiger charge is 2.49. The van der Waals surface area contributed by atoms with E-state index in [1.165, 1.54) is 208 Å². The lowest BCUT2D eigenvalue weighted by atomic mass is 9.91. The third-order valence-electron chi connectivity index (χ3n) is 33.0. The molecule has 8 saturated heterocycles. The summed E-state index contributed by atoms with van der Waals surface area (Å²) in [5.74, 6) is 0. The van der Waals surface area contributed by atoms with E-state index in [-0.39, 0.29) is 0 Å². The van der Waals surface area contributed by atoms with Crippen LogP contribution in [0.3, 0.4) is 0 Å². The maximum absolute atomic E-state index is 6.44. The molecule has 1 saturated carbocycles. The Balaban J connectivity index is 0.0000000916. The van der Waals surface area contributed by atoms with E-state index in [0.717, 1.165) is 101 Å². The Morgan fingerprint density at radius 1 is 0.256 bits per heavy atom.